The van der Waals surface area contributed by atoms with Crippen molar-refractivity contribution in [3.8, 4) is 0 Å². The molecule has 0 bridgehead atoms. The fourth-order valence-electron chi connectivity index (χ4n) is 5.42. The van der Waals surface area contributed by atoms with Gasteiger partial charge in [0.05, 0.1) is 28.8 Å². The largest absolute Gasteiger partial charge is 0.483 e. The van der Waals surface area contributed by atoms with E-state index in [0.717, 1.165) is 31.2 Å². The summed E-state index contributed by atoms with van der Waals surface area (Å²) in [6.45, 7) is 1.95. The van der Waals surface area contributed by atoms with Gasteiger partial charge in [-0.05, 0) is 44.2 Å². The van der Waals surface area contributed by atoms with E-state index in [0.29, 0.717) is 31.5 Å². The summed E-state index contributed by atoms with van der Waals surface area (Å²) < 4.78 is 0. The Balaban J connectivity index is 0.00000169. The number of carboxylic acid groups (broad SMARTS) is 1. The second kappa shape index (κ2) is 17.1. The molecule has 2 aromatic carbocycles. The third kappa shape index (κ3) is 10.1. The van der Waals surface area contributed by atoms with Crippen LogP contribution >= 0.6 is 0 Å². The molecule has 1 aliphatic heterocycles. The molecule has 0 aromatic heterocycles. The van der Waals surface area contributed by atoms with Crippen molar-refractivity contribution < 1.29 is 34.3 Å². The van der Waals surface area contributed by atoms with Gasteiger partial charge >= 0.3 is 0 Å². The number of amides is 3. The zero-order valence-electron chi connectivity index (χ0n) is 24.8. The minimum atomic E-state index is -1.07. The fourth-order valence-corrected chi connectivity index (χ4v) is 5.42. The summed E-state index contributed by atoms with van der Waals surface area (Å²) >= 11 is 0. The summed E-state index contributed by atoms with van der Waals surface area (Å²) in [4.78, 5) is 59.2. The third-order valence-electron chi connectivity index (χ3n) is 7.82. The van der Waals surface area contributed by atoms with Gasteiger partial charge in [0.25, 0.3) is 18.1 Å². The van der Waals surface area contributed by atoms with Crippen molar-refractivity contribution in [3.05, 3.63) is 69.8 Å². The highest BCUT2D eigenvalue weighted by molar-refractivity contribution is 6.00. The molecule has 0 spiro atoms. The van der Waals surface area contributed by atoms with Gasteiger partial charge in [-0.25, -0.2) is 0 Å². The van der Waals surface area contributed by atoms with Crippen LogP contribution in [0.2, 0.25) is 0 Å². The number of rotatable bonds is 12. The highest BCUT2D eigenvalue weighted by Gasteiger charge is 2.28. The number of anilines is 1. The van der Waals surface area contributed by atoms with Gasteiger partial charge in [-0.3, -0.25) is 29.3 Å². The van der Waals surface area contributed by atoms with Crippen LogP contribution in [0.5, 0.6) is 0 Å². The van der Waals surface area contributed by atoms with Crippen LogP contribution in [0.15, 0.2) is 48.5 Å². The number of aliphatic hydroxyl groups is 1. The molecule has 13 nitrogen and oxygen atoms in total. The van der Waals surface area contributed by atoms with E-state index in [9.17, 15) is 29.6 Å². The number of carbonyl (C=O) groups excluding carboxylic acids is 3. The Morgan fingerprint density at radius 3 is 2.41 bits per heavy atom. The predicted octanol–water partition coefficient (Wildman–Crippen LogP) is 2.55. The number of nitrogens with zero attached hydrogens (tertiary/aromatic N) is 2. The molecule has 0 radical (unpaired) electrons. The maximum absolute atomic E-state index is 13.4. The van der Waals surface area contributed by atoms with Gasteiger partial charge in [0.15, 0.2) is 0 Å². The van der Waals surface area contributed by atoms with Gasteiger partial charge in [-0.2, -0.15) is 0 Å². The van der Waals surface area contributed by atoms with Gasteiger partial charge in [0.2, 0.25) is 11.8 Å². The third-order valence-corrected chi connectivity index (χ3v) is 7.82. The van der Waals surface area contributed by atoms with Crippen molar-refractivity contribution in [2.75, 3.05) is 18.0 Å². The summed E-state index contributed by atoms with van der Waals surface area (Å²) in [7, 11) is 0. The van der Waals surface area contributed by atoms with Crippen LogP contribution in [0.4, 0.5) is 11.4 Å². The number of hydrogen-bond donors (Lipinski definition) is 5. The first kappa shape index (κ1) is 34.1. The number of aliphatic hydroxyl groups excluding tert-OH is 1. The predicted molar refractivity (Wildman–Crippen MR) is 163 cm³/mol. The van der Waals surface area contributed by atoms with E-state index in [1.807, 2.05) is 30.3 Å². The zero-order valence-corrected chi connectivity index (χ0v) is 24.8. The summed E-state index contributed by atoms with van der Waals surface area (Å²) in [5.74, 6) is -0.889. The lowest BCUT2D eigenvalue weighted by Crippen LogP contribution is -2.53. The van der Waals surface area contributed by atoms with E-state index in [1.165, 1.54) is 29.5 Å². The molecular weight excluding hydrogens is 570 g/mol. The number of nitro benzene ring substituents is 1. The number of non-ortho nitro benzene ring substituents is 1. The first-order valence-corrected chi connectivity index (χ1v) is 14.9. The van der Waals surface area contributed by atoms with E-state index < -0.39 is 29.0 Å². The minimum Gasteiger partial charge on any atom is -0.483 e. The van der Waals surface area contributed by atoms with Crippen LogP contribution in [0.25, 0.3) is 0 Å². The zero-order chi connectivity index (χ0) is 32.1. The van der Waals surface area contributed by atoms with Crippen molar-refractivity contribution in [1.29, 1.82) is 0 Å². The Bertz CT molecular complexity index is 1290. The molecule has 44 heavy (non-hydrogen) atoms. The van der Waals surface area contributed by atoms with Crippen molar-refractivity contribution in [2.45, 2.75) is 82.5 Å². The molecule has 0 unspecified atom stereocenters. The fraction of sp³-hybridized carbons (Fsp3) is 0.484. The number of carbonyl (C=O) groups is 4. The lowest BCUT2D eigenvalue weighted by molar-refractivity contribution is -0.384. The molecule has 1 saturated carbocycles. The Morgan fingerprint density at radius 2 is 1.80 bits per heavy atom. The van der Waals surface area contributed by atoms with E-state index >= 15 is 0 Å². The lowest BCUT2D eigenvalue weighted by Gasteiger charge is -2.27. The first-order chi connectivity index (χ1) is 21.1. The summed E-state index contributed by atoms with van der Waals surface area (Å²) in [6.07, 6.45) is 5.55. The molecule has 1 aliphatic carbocycles. The molecule has 2 fully saturated rings. The Hall–Kier alpha value is -4.36. The summed E-state index contributed by atoms with van der Waals surface area (Å²) in [6, 6.07) is 12.1. The minimum absolute atomic E-state index is 0.0207. The molecule has 1 heterocycles. The summed E-state index contributed by atoms with van der Waals surface area (Å²) in [5.41, 5.74) is 0.896. The number of hydrogen-bond acceptors (Lipinski definition) is 8. The molecule has 13 heteroatoms. The standard InChI is InChI=1S/C30H39N5O6.CH2O2/c1-20(29(38)32-23-11-6-3-7-12-23)31-19-27(36)26(15-21-9-4-2-5-10-21)33-30(39)22-16-24(18-25(17-22)35(40)41)34-14-8-13-28(34)37;2-1-3/h2,4-5,9-10,16-18,20,23,26-27,31,36H,3,6-8,11-15,19H2,1H3,(H,32,38)(H,33,39);1H,(H,2,3)/t20-,26-,27+;/m0./s1. The van der Waals surface area contributed by atoms with Crippen LogP contribution in [-0.4, -0.2) is 76.6 Å². The quantitative estimate of drug-likeness (QED) is 0.136. The average molecular weight is 612 g/mol. The molecular formula is C31H41N5O8. The highest BCUT2D eigenvalue weighted by atomic mass is 16.6. The smallest absolute Gasteiger partial charge is 0.290 e. The molecule has 5 N–H and O–H groups in total. The first-order valence-electron chi connectivity index (χ1n) is 14.9. The van der Waals surface area contributed by atoms with Crippen molar-refractivity contribution in [3.63, 3.8) is 0 Å². The second-order valence-electron chi connectivity index (χ2n) is 11.1. The molecule has 238 valence electrons. The number of benzene rings is 2. The maximum atomic E-state index is 13.4. The molecule has 3 amide bonds. The molecule has 2 aromatic rings. The van der Waals surface area contributed by atoms with Crippen molar-refractivity contribution in [2.24, 2.45) is 0 Å². The SMILES string of the molecule is C[C@H](NC[C@@H](O)[C@H](Cc1ccccc1)NC(=O)c1cc(N2CCCC2=O)cc([N+](=O)[O-])c1)C(=O)NC1CCCCC1.O=CO. The Labute approximate surface area is 256 Å². The van der Waals surface area contributed by atoms with Crippen molar-refractivity contribution >= 4 is 35.6 Å². The van der Waals surface area contributed by atoms with Gasteiger partial charge < -0.3 is 31.1 Å². The Kier molecular flexibility index (Phi) is 13.2. The highest BCUT2D eigenvalue weighted by Crippen LogP contribution is 2.28. The normalized spacial score (nSPS) is 17.0. The van der Waals surface area contributed by atoms with Crippen LogP contribution in [0, 0.1) is 10.1 Å². The topological polar surface area (TPSA) is 191 Å². The second-order valence-corrected chi connectivity index (χ2v) is 11.1. The van der Waals surface area contributed by atoms with Crippen molar-refractivity contribution in [1.82, 2.24) is 16.0 Å². The van der Waals surface area contributed by atoms with Gasteiger partial charge in [0.1, 0.15) is 0 Å². The molecule has 1 saturated heterocycles. The number of nitro groups is 1. The average Bonchev–Trinajstić information content (AvgIpc) is 3.46. The van der Waals surface area contributed by atoms with E-state index in [1.54, 1.807) is 6.92 Å². The van der Waals surface area contributed by atoms with Gasteiger partial charge in [-0.1, -0.05) is 49.6 Å². The number of nitrogens with one attached hydrogen (secondary N) is 3. The Morgan fingerprint density at radius 1 is 1.11 bits per heavy atom. The lowest BCUT2D eigenvalue weighted by atomic mass is 9.95. The molecule has 4 rings (SSSR count). The van der Waals surface area contributed by atoms with E-state index in [2.05, 4.69) is 16.0 Å². The molecule has 3 atom stereocenters. The van der Waals surface area contributed by atoms with Gasteiger partial charge in [0, 0.05) is 43.2 Å². The summed E-state index contributed by atoms with van der Waals surface area (Å²) in [5, 5.41) is 38.7. The van der Waals surface area contributed by atoms with E-state index in [-0.39, 0.29) is 42.1 Å². The van der Waals surface area contributed by atoms with Crippen LogP contribution in [0.1, 0.15) is 67.8 Å². The van der Waals surface area contributed by atoms with Crippen LogP contribution in [-0.2, 0) is 20.8 Å². The molecule has 2 aliphatic rings. The van der Waals surface area contributed by atoms with E-state index in [4.69, 9.17) is 9.90 Å². The maximum Gasteiger partial charge on any atom is 0.290 e. The van der Waals surface area contributed by atoms with Crippen LogP contribution in [0.3, 0.4) is 0 Å². The van der Waals surface area contributed by atoms with Crippen LogP contribution < -0.4 is 20.9 Å². The monoisotopic (exact) mass is 611 g/mol. The van der Waals surface area contributed by atoms with Gasteiger partial charge in [-0.15, -0.1) is 0 Å².